The fraction of sp³-hybridized carbons (Fsp3) is 0.480. The lowest BCUT2D eigenvalue weighted by atomic mass is 9.69. The number of aromatic hydroxyl groups is 1. The van der Waals surface area contributed by atoms with Crippen molar-refractivity contribution in [3.63, 3.8) is 0 Å². The van der Waals surface area contributed by atoms with Gasteiger partial charge in [-0.1, -0.05) is 6.92 Å². The summed E-state index contributed by atoms with van der Waals surface area (Å²) in [6, 6.07) is 3.07. The number of esters is 2. The SMILES string of the molecule is COCCOC(=O)C1=C(C)NC2=C(C(=O)[C@@H](C(=O)OC)[C@H](C)C2)[C@@H]1c1cc(OC)c(O)c(OC)c1. The Bertz CT molecular complexity index is 1060. The highest BCUT2D eigenvalue weighted by molar-refractivity contribution is 6.12. The van der Waals surface area contributed by atoms with Gasteiger partial charge in [-0.15, -0.1) is 0 Å². The minimum Gasteiger partial charge on any atom is -0.502 e. The van der Waals surface area contributed by atoms with E-state index in [1.807, 2.05) is 0 Å². The number of hydrogen-bond donors (Lipinski definition) is 2. The summed E-state index contributed by atoms with van der Waals surface area (Å²) in [5, 5.41) is 13.6. The number of benzene rings is 1. The Balaban J connectivity index is 2.23. The lowest BCUT2D eigenvalue weighted by molar-refractivity contribution is -0.151. The molecule has 35 heavy (non-hydrogen) atoms. The second kappa shape index (κ2) is 10.8. The van der Waals surface area contributed by atoms with E-state index in [1.165, 1.54) is 40.6 Å². The molecule has 0 fully saturated rings. The molecule has 0 saturated heterocycles. The molecule has 2 N–H and O–H groups in total. The van der Waals surface area contributed by atoms with Gasteiger partial charge >= 0.3 is 11.9 Å². The molecule has 1 heterocycles. The molecule has 0 aromatic heterocycles. The van der Waals surface area contributed by atoms with Crippen molar-refractivity contribution >= 4 is 17.7 Å². The molecule has 190 valence electrons. The van der Waals surface area contributed by atoms with Crippen LogP contribution in [0.5, 0.6) is 17.2 Å². The third-order valence-corrected chi connectivity index (χ3v) is 6.32. The summed E-state index contributed by atoms with van der Waals surface area (Å²) in [6.45, 7) is 3.74. The van der Waals surface area contributed by atoms with Gasteiger partial charge in [0.15, 0.2) is 17.3 Å². The van der Waals surface area contributed by atoms with Crippen molar-refractivity contribution in [1.29, 1.82) is 0 Å². The van der Waals surface area contributed by atoms with E-state index in [9.17, 15) is 19.5 Å². The summed E-state index contributed by atoms with van der Waals surface area (Å²) >= 11 is 0. The van der Waals surface area contributed by atoms with Crippen LogP contribution < -0.4 is 14.8 Å². The number of ether oxygens (including phenoxy) is 5. The Hall–Kier alpha value is -3.53. The van der Waals surface area contributed by atoms with Crippen molar-refractivity contribution in [3.8, 4) is 17.2 Å². The Morgan fingerprint density at radius 1 is 1.09 bits per heavy atom. The van der Waals surface area contributed by atoms with E-state index in [1.54, 1.807) is 13.8 Å². The van der Waals surface area contributed by atoms with Crippen molar-refractivity contribution < 1.29 is 43.2 Å². The number of nitrogens with one attached hydrogen (secondary N) is 1. The zero-order valence-electron chi connectivity index (χ0n) is 20.7. The van der Waals surface area contributed by atoms with Gasteiger partial charge in [-0.05, 0) is 37.0 Å². The molecule has 3 atom stereocenters. The normalized spacial score (nSPS) is 21.8. The molecule has 0 saturated carbocycles. The van der Waals surface area contributed by atoms with E-state index in [0.717, 1.165) is 0 Å². The first-order valence-electron chi connectivity index (χ1n) is 11.1. The van der Waals surface area contributed by atoms with Crippen LogP contribution in [0.25, 0.3) is 0 Å². The molecule has 1 aromatic carbocycles. The molecule has 0 bridgehead atoms. The molecular formula is C25H31NO9. The van der Waals surface area contributed by atoms with Gasteiger partial charge in [0.2, 0.25) is 5.75 Å². The van der Waals surface area contributed by atoms with Crippen LogP contribution >= 0.6 is 0 Å². The number of ketones is 1. The summed E-state index contributed by atoms with van der Waals surface area (Å²) < 4.78 is 25.9. The largest absolute Gasteiger partial charge is 0.502 e. The van der Waals surface area contributed by atoms with Crippen molar-refractivity contribution in [2.75, 3.05) is 41.7 Å². The van der Waals surface area contributed by atoms with Crippen LogP contribution in [-0.4, -0.2) is 64.5 Å². The van der Waals surface area contributed by atoms with E-state index in [-0.39, 0.29) is 47.5 Å². The van der Waals surface area contributed by atoms with Gasteiger partial charge in [-0.2, -0.15) is 0 Å². The fourth-order valence-corrected chi connectivity index (χ4v) is 4.66. The molecule has 0 amide bonds. The lowest BCUT2D eigenvalue weighted by Crippen LogP contribution is -2.43. The van der Waals surface area contributed by atoms with Gasteiger partial charge in [0.05, 0.1) is 33.5 Å². The van der Waals surface area contributed by atoms with Crippen LogP contribution in [0.2, 0.25) is 0 Å². The van der Waals surface area contributed by atoms with Crippen molar-refractivity contribution in [2.24, 2.45) is 11.8 Å². The first kappa shape index (κ1) is 26.1. The number of dihydropyridines is 1. The van der Waals surface area contributed by atoms with E-state index >= 15 is 0 Å². The number of Topliss-reactive ketones (excluding diaryl/α,β-unsaturated/α-hetero) is 1. The smallest absolute Gasteiger partial charge is 0.336 e. The van der Waals surface area contributed by atoms with Gasteiger partial charge < -0.3 is 34.1 Å². The van der Waals surface area contributed by atoms with Gasteiger partial charge in [-0.3, -0.25) is 9.59 Å². The highest BCUT2D eigenvalue weighted by Gasteiger charge is 2.47. The molecular weight excluding hydrogens is 458 g/mol. The van der Waals surface area contributed by atoms with Crippen LogP contribution in [0.3, 0.4) is 0 Å². The fourth-order valence-electron chi connectivity index (χ4n) is 4.66. The molecule has 0 spiro atoms. The van der Waals surface area contributed by atoms with E-state index in [2.05, 4.69) is 5.32 Å². The minimum atomic E-state index is -1.02. The predicted octanol–water partition coefficient (Wildman–Crippen LogP) is 2.21. The topological polar surface area (TPSA) is 130 Å². The second-order valence-corrected chi connectivity index (χ2v) is 8.44. The standard InChI is InChI=1S/C25H31NO9/c1-12-9-15-21(23(28)18(12)24(29)34-6)20(14-10-16(32-4)22(27)17(11-14)33-5)19(13(2)26-15)25(30)35-8-7-31-3/h10-12,18,20,26-27H,7-9H2,1-6H3/t12-,18+,20-/m1/s1. The molecule has 10 nitrogen and oxygen atoms in total. The molecule has 2 aliphatic rings. The Morgan fingerprint density at radius 2 is 1.71 bits per heavy atom. The first-order chi connectivity index (χ1) is 16.7. The number of carbonyl (C=O) groups excluding carboxylic acids is 3. The van der Waals surface area contributed by atoms with E-state index in [0.29, 0.717) is 23.4 Å². The number of phenols is 1. The zero-order valence-corrected chi connectivity index (χ0v) is 20.7. The third kappa shape index (κ3) is 4.84. The zero-order chi connectivity index (χ0) is 25.9. The predicted molar refractivity (Wildman–Crippen MR) is 124 cm³/mol. The highest BCUT2D eigenvalue weighted by Crippen LogP contribution is 2.48. The van der Waals surface area contributed by atoms with Crippen molar-refractivity contribution in [1.82, 2.24) is 5.32 Å². The van der Waals surface area contributed by atoms with E-state index < -0.39 is 29.6 Å². The minimum absolute atomic E-state index is 0.0166. The summed E-state index contributed by atoms with van der Waals surface area (Å²) in [5.41, 5.74) is 2.04. The number of methoxy groups -OCH3 is 4. The van der Waals surface area contributed by atoms with Crippen LogP contribution in [-0.2, 0) is 28.6 Å². The van der Waals surface area contributed by atoms with Crippen molar-refractivity contribution in [2.45, 2.75) is 26.2 Å². The second-order valence-electron chi connectivity index (χ2n) is 8.44. The number of rotatable bonds is 8. The number of carbonyl (C=O) groups is 3. The summed E-state index contributed by atoms with van der Waals surface area (Å²) in [4.78, 5) is 39.5. The van der Waals surface area contributed by atoms with Gasteiger partial charge in [0, 0.05) is 30.0 Å². The summed E-state index contributed by atoms with van der Waals surface area (Å²) in [6.07, 6.45) is 0.396. The third-order valence-electron chi connectivity index (χ3n) is 6.32. The molecule has 0 radical (unpaired) electrons. The van der Waals surface area contributed by atoms with Gasteiger partial charge in [-0.25, -0.2) is 4.79 Å². The molecule has 10 heteroatoms. The average molecular weight is 490 g/mol. The van der Waals surface area contributed by atoms with Gasteiger partial charge in [0.25, 0.3) is 0 Å². The van der Waals surface area contributed by atoms with Crippen LogP contribution in [0, 0.1) is 11.8 Å². The van der Waals surface area contributed by atoms with Gasteiger partial charge in [0.1, 0.15) is 12.5 Å². The van der Waals surface area contributed by atoms with Crippen molar-refractivity contribution in [3.05, 3.63) is 40.2 Å². The number of allylic oxidation sites excluding steroid dienone is 3. The monoisotopic (exact) mass is 489 g/mol. The number of hydrogen-bond acceptors (Lipinski definition) is 10. The molecule has 1 aliphatic carbocycles. The maximum atomic E-state index is 13.8. The molecule has 1 aromatic rings. The highest BCUT2D eigenvalue weighted by atomic mass is 16.6. The van der Waals surface area contributed by atoms with Crippen LogP contribution in [0.4, 0.5) is 0 Å². The maximum absolute atomic E-state index is 13.8. The summed E-state index contributed by atoms with van der Waals surface area (Å²) in [7, 11) is 5.49. The number of phenolic OH excluding ortho intramolecular Hbond substituents is 1. The maximum Gasteiger partial charge on any atom is 0.336 e. The summed E-state index contributed by atoms with van der Waals surface area (Å²) in [5.74, 6) is -3.97. The quantitative estimate of drug-likeness (QED) is 0.318. The molecule has 3 rings (SSSR count). The Labute approximate surface area is 203 Å². The van der Waals surface area contributed by atoms with Crippen LogP contribution in [0.15, 0.2) is 34.7 Å². The Kier molecular flexibility index (Phi) is 8.06. The van der Waals surface area contributed by atoms with Crippen LogP contribution in [0.1, 0.15) is 31.7 Å². The Morgan fingerprint density at radius 3 is 2.26 bits per heavy atom. The molecule has 0 unspecified atom stereocenters. The van der Waals surface area contributed by atoms with E-state index in [4.69, 9.17) is 23.7 Å². The average Bonchev–Trinajstić information content (AvgIpc) is 2.83. The lowest BCUT2D eigenvalue weighted by Gasteiger charge is -2.38. The molecule has 1 aliphatic heterocycles. The first-order valence-corrected chi connectivity index (χ1v) is 11.1.